The summed E-state index contributed by atoms with van der Waals surface area (Å²) in [6, 6.07) is 0. The van der Waals surface area contributed by atoms with Crippen molar-refractivity contribution in [3.63, 3.8) is 0 Å². The molecule has 2 saturated heterocycles. The summed E-state index contributed by atoms with van der Waals surface area (Å²) >= 11 is 0. The average molecular weight is 195 g/mol. The van der Waals surface area contributed by atoms with E-state index < -0.39 is 0 Å². The van der Waals surface area contributed by atoms with Gasteiger partial charge in [-0.15, -0.1) is 0 Å². The van der Waals surface area contributed by atoms with E-state index in [4.69, 9.17) is 9.26 Å². The Bertz CT molecular complexity index is 342. The number of hydrogen-bond acceptors (Lipinski definition) is 5. The van der Waals surface area contributed by atoms with Gasteiger partial charge in [0.2, 0.25) is 5.89 Å². The molecular weight excluding hydrogens is 182 g/mol. The van der Waals surface area contributed by atoms with E-state index in [0.717, 1.165) is 24.8 Å². The summed E-state index contributed by atoms with van der Waals surface area (Å²) in [5.41, 5.74) is -0.0393. The summed E-state index contributed by atoms with van der Waals surface area (Å²) in [4.78, 5) is 4.43. The van der Waals surface area contributed by atoms with Crippen molar-refractivity contribution in [1.29, 1.82) is 0 Å². The van der Waals surface area contributed by atoms with Crippen molar-refractivity contribution in [2.24, 2.45) is 0 Å². The van der Waals surface area contributed by atoms with E-state index in [-0.39, 0.29) is 5.41 Å². The zero-order chi connectivity index (χ0) is 9.60. The molecule has 0 radical (unpaired) electrons. The topological polar surface area (TPSA) is 60.2 Å². The number of rotatable bonds is 2. The van der Waals surface area contributed by atoms with Crippen LogP contribution in [0.25, 0.3) is 0 Å². The minimum atomic E-state index is -0.0393. The van der Waals surface area contributed by atoms with E-state index in [1.807, 2.05) is 0 Å². The molecule has 0 atom stereocenters. The van der Waals surface area contributed by atoms with Crippen molar-refractivity contribution in [1.82, 2.24) is 15.5 Å². The Kier molecular flexibility index (Phi) is 1.66. The third-order valence-corrected chi connectivity index (χ3v) is 2.95. The van der Waals surface area contributed by atoms with E-state index in [2.05, 4.69) is 22.4 Å². The fourth-order valence-corrected chi connectivity index (χ4v) is 1.65. The smallest absolute Gasteiger partial charge is 0.237 e. The summed E-state index contributed by atoms with van der Waals surface area (Å²) in [5, 5.41) is 7.19. The molecule has 0 spiro atoms. The van der Waals surface area contributed by atoms with E-state index in [0.29, 0.717) is 19.1 Å². The highest BCUT2D eigenvalue weighted by Crippen LogP contribution is 2.31. The van der Waals surface area contributed by atoms with Gasteiger partial charge in [-0.25, -0.2) is 0 Å². The number of aromatic nitrogens is 2. The zero-order valence-electron chi connectivity index (χ0n) is 8.12. The number of ether oxygens (including phenoxy) is 1. The van der Waals surface area contributed by atoms with Crippen LogP contribution >= 0.6 is 0 Å². The second kappa shape index (κ2) is 2.77. The predicted molar refractivity (Wildman–Crippen MR) is 48.1 cm³/mol. The molecule has 0 aliphatic carbocycles. The maximum Gasteiger partial charge on any atom is 0.237 e. The lowest BCUT2D eigenvalue weighted by Crippen LogP contribution is -2.44. The Balaban J connectivity index is 1.82. The molecule has 5 nitrogen and oxygen atoms in total. The molecule has 0 amide bonds. The van der Waals surface area contributed by atoms with Crippen molar-refractivity contribution < 1.29 is 9.26 Å². The van der Waals surface area contributed by atoms with E-state index >= 15 is 0 Å². The summed E-state index contributed by atoms with van der Waals surface area (Å²) < 4.78 is 10.4. The van der Waals surface area contributed by atoms with Gasteiger partial charge in [-0.1, -0.05) is 5.16 Å². The molecule has 2 aliphatic heterocycles. The van der Waals surface area contributed by atoms with Gasteiger partial charge in [-0.3, -0.25) is 0 Å². The summed E-state index contributed by atoms with van der Waals surface area (Å²) in [6.07, 6.45) is 0. The second-order valence-electron chi connectivity index (χ2n) is 4.37. The van der Waals surface area contributed by atoms with E-state index in [1.165, 1.54) is 0 Å². The van der Waals surface area contributed by atoms with E-state index in [1.54, 1.807) is 0 Å². The molecule has 14 heavy (non-hydrogen) atoms. The normalized spacial score (nSPS) is 25.5. The Labute approximate surface area is 81.8 Å². The first kappa shape index (κ1) is 8.38. The molecule has 2 fully saturated rings. The highest BCUT2D eigenvalue weighted by molar-refractivity contribution is 5.10. The first-order valence-corrected chi connectivity index (χ1v) is 4.90. The van der Waals surface area contributed by atoms with Gasteiger partial charge >= 0.3 is 0 Å². The van der Waals surface area contributed by atoms with Crippen LogP contribution in [0.4, 0.5) is 0 Å². The van der Waals surface area contributed by atoms with Crippen molar-refractivity contribution in [3.05, 3.63) is 11.7 Å². The van der Waals surface area contributed by atoms with Crippen LogP contribution in [0.2, 0.25) is 0 Å². The van der Waals surface area contributed by atoms with E-state index in [9.17, 15) is 0 Å². The lowest BCUT2D eigenvalue weighted by Gasteiger charge is -2.34. The van der Waals surface area contributed by atoms with Gasteiger partial charge in [0.15, 0.2) is 5.82 Å². The van der Waals surface area contributed by atoms with Crippen molar-refractivity contribution in [2.45, 2.75) is 18.3 Å². The van der Waals surface area contributed by atoms with Crippen LogP contribution in [0.1, 0.15) is 24.6 Å². The van der Waals surface area contributed by atoms with Gasteiger partial charge in [0, 0.05) is 19.0 Å². The molecule has 2 aliphatic rings. The lowest BCUT2D eigenvalue weighted by molar-refractivity contribution is -0.0644. The molecule has 1 aromatic rings. The highest BCUT2D eigenvalue weighted by Gasteiger charge is 2.41. The van der Waals surface area contributed by atoms with Crippen molar-refractivity contribution in [3.8, 4) is 0 Å². The monoisotopic (exact) mass is 195 g/mol. The predicted octanol–water partition coefficient (Wildman–Crippen LogP) is 0.0443. The summed E-state index contributed by atoms with van der Waals surface area (Å²) in [7, 11) is 0. The molecule has 5 heteroatoms. The molecule has 0 saturated carbocycles. The van der Waals surface area contributed by atoms with Crippen LogP contribution in [0.5, 0.6) is 0 Å². The molecule has 0 bridgehead atoms. The van der Waals surface area contributed by atoms with Gasteiger partial charge in [0.1, 0.15) is 0 Å². The molecule has 1 aromatic heterocycles. The molecule has 1 N–H and O–H groups in total. The van der Waals surface area contributed by atoms with Crippen LogP contribution in [0.3, 0.4) is 0 Å². The Hall–Kier alpha value is -0.940. The summed E-state index contributed by atoms with van der Waals surface area (Å²) in [6.45, 7) is 5.40. The highest BCUT2D eigenvalue weighted by atomic mass is 16.5. The van der Waals surface area contributed by atoms with Gasteiger partial charge in [-0.2, -0.15) is 4.98 Å². The van der Waals surface area contributed by atoms with Gasteiger partial charge in [-0.05, 0) is 6.92 Å². The van der Waals surface area contributed by atoms with Crippen LogP contribution in [-0.4, -0.2) is 36.4 Å². The first-order valence-electron chi connectivity index (χ1n) is 4.90. The Morgan fingerprint density at radius 1 is 1.43 bits per heavy atom. The summed E-state index contributed by atoms with van der Waals surface area (Å²) in [5.74, 6) is 2.01. The van der Waals surface area contributed by atoms with Crippen LogP contribution < -0.4 is 5.32 Å². The average Bonchev–Trinajstić information content (AvgIpc) is 2.46. The molecule has 0 unspecified atom stereocenters. The first-order chi connectivity index (χ1) is 6.78. The Morgan fingerprint density at radius 3 is 2.71 bits per heavy atom. The third kappa shape index (κ3) is 1.09. The molecule has 0 aromatic carbocycles. The van der Waals surface area contributed by atoms with Crippen LogP contribution in [-0.2, 0) is 10.2 Å². The lowest BCUT2D eigenvalue weighted by atomic mass is 9.88. The number of nitrogens with one attached hydrogen (secondary N) is 1. The molecule has 3 heterocycles. The minimum absolute atomic E-state index is 0.0393. The SMILES string of the molecule is CC1(c2nc(C3CNC3)no2)COC1. The van der Waals surface area contributed by atoms with Gasteiger partial charge < -0.3 is 14.6 Å². The quantitative estimate of drug-likeness (QED) is 0.722. The molecule has 3 rings (SSSR count). The van der Waals surface area contributed by atoms with Crippen molar-refractivity contribution in [2.75, 3.05) is 26.3 Å². The Morgan fingerprint density at radius 2 is 2.21 bits per heavy atom. The van der Waals surface area contributed by atoms with Crippen molar-refractivity contribution >= 4 is 0 Å². The second-order valence-corrected chi connectivity index (χ2v) is 4.37. The minimum Gasteiger partial charge on any atom is -0.379 e. The standard InChI is InChI=1S/C9H13N3O2/c1-9(4-13-5-9)8-11-7(12-14-8)6-2-10-3-6/h6,10H,2-5H2,1H3. The van der Waals surface area contributed by atoms with Crippen LogP contribution in [0.15, 0.2) is 4.52 Å². The third-order valence-electron chi connectivity index (χ3n) is 2.95. The fraction of sp³-hybridized carbons (Fsp3) is 0.778. The molecule has 76 valence electrons. The fourth-order valence-electron chi connectivity index (χ4n) is 1.65. The van der Waals surface area contributed by atoms with Gasteiger partial charge in [0.05, 0.1) is 18.6 Å². The van der Waals surface area contributed by atoms with Gasteiger partial charge in [0.25, 0.3) is 0 Å². The largest absolute Gasteiger partial charge is 0.379 e. The maximum absolute atomic E-state index is 5.26. The molecular formula is C9H13N3O2. The number of hydrogen-bond donors (Lipinski definition) is 1. The van der Waals surface area contributed by atoms with Crippen LogP contribution in [0, 0.1) is 0 Å². The zero-order valence-corrected chi connectivity index (χ0v) is 8.12. The number of nitrogens with zero attached hydrogens (tertiary/aromatic N) is 2. The maximum atomic E-state index is 5.26.